The number of benzene rings is 2. The number of rotatable bonds is 6. The molecule has 0 saturated heterocycles. The van der Waals surface area contributed by atoms with Gasteiger partial charge in [-0.05, 0) is 48.9 Å². The molecule has 11 heteroatoms. The molecule has 0 aromatic heterocycles. The van der Waals surface area contributed by atoms with Crippen molar-refractivity contribution in [3.05, 3.63) is 84.4 Å². The second-order valence-electron chi connectivity index (χ2n) is 14.0. The standard InChI is InChI=1S/C36H42O11/c1-7-34(5)28(40)25(46-30(41)20-14-10-8-11-15-20)26-35(6)22(18-23(45-19(2)37)36(26,44)32(34)43)33(3,4)27(39)24(38)29(35)47-31(42)21-16-12-9-13-17-21/h7-17,22-29,38-40,44H,1,18H2,2-6H3/t22-,23+,24-,25-,26+,27+,28-,29-,34-,35-,36-/m0/s1. The number of esters is 3. The van der Waals surface area contributed by atoms with Crippen LogP contribution in [0.25, 0.3) is 0 Å². The van der Waals surface area contributed by atoms with Crippen LogP contribution in [0.2, 0.25) is 0 Å². The Labute approximate surface area is 273 Å². The Balaban J connectivity index is 1.78. The second kappa shape index (κ2) is 12.0. The predicted octanol–water partition coefficient (Wildman–Crippen LogP) is 2.64. The van der Waals surface area contributed by atoms with Gasteiger partial charge in [-0.3, -0.25) is 9.59 Å². The average Bonchev–Trinajstić information content (AvgIpc) is 3.05. The maximum absolute atomic E-state index is 14.6. The van der Waals surface area contributed by atoms with Crippen molar-refractivity contribution in [2.24, 2.45) is 28.1 Å². The van der Waals surface area contributed by atoms with Crippen LogP contribution in [0.3, 0.4) is 0 Å². The van der Waals surface area contributed by atoms with Crippen molar-refractivity contribution in [1.82, 2.24) is 0 Å². The summed E-state index contributed by atoms with van der Waals surface area (Å²) in [5.74, 6) is -6.02. The monoisotopic (exact) mass is 650 g/mol. The summed E-state index contributed by atoms with van der Waals surface area (Å²) in [5, 5.41) is 48.0. The summed E-state index contributed by atoms with van der Waals surface area (Å²) in [6.07, 6.45) is -8.96. The molecule has 11 nitrogen and oxygen atoms in total. The minimum absolute atomic E-state index is 0.112. The van der Waals surface area contributed by atoms with E-state index in [9.17, 15) is 39.6 Å². The van der Waals surface area contributed by atoms with Crippen molar-refractivity contribution in [2.75, 3.05) is 0 Å². The maximum atomic E-state index is 14.6. The molecule has 2 aromatic rings. The van der Waals surface area contributed by atoms with E-state index >= 15 is 0 Å². The highest BCUT2D eigenvalue weighted by Gasteiger charge is 2.79. The second-order valence-corrected chi connectivity index (χ2v) is 14.0. The molecule has 47 heavy (non-hydrogen) atoms. The van der Waals surface area contributed by atoms with Crippen LogP contribution in [-0.4, -0.2) is 86.3 Å². The van der Waals surface area contributed by atoms with Crippen LogP contribution in [-0.2, 0) is 23.8 Å². The fourth-order valence-corrected chi connectivity index (χ4v) is 8.58. The molecule has 3 aliphatic rings. The van der Waals surface area contributed by atoms with Crippen LogP contribution in [0.5, 0.6) is 0 Å². The molecular formula is C36H42O11. The number of aliphatic hydroxyl groups is 4. The van der Waals surface area contributed by atoms with Crippen molar-refractivity contribution in [3.8, 4) is 0 Å². The minimum atomic E-state index is -2.66. The first-order chi connectivity index (χ1) is 22.0. The van der Waals surface area contributed by atoms with E-state index in [4.69, 9.17) is 14.2 Å². The van der Waals surface area contributed by atoms with Crippen LogP contribution < -0.4 is 0 Å². The third-order valence-corrected chi connectivity index (χ3v) is 11.1. The number of hydrogen-bond donors (Lipinski definition) is 4. The number of Topliss-reactive ketones (excluding diaryl/α,β-unsaturated/α-hetero) is 1. The van der Waals surface area contributed by atoms with Crippen LogP contribution in [0.15, 0.2) is 73.3 Å². The zero-order valence-corrected chi connectivity index (χ0v) is 27.0. The minimum Gasteiger partial charge on any atom is -0.459 e. The number of ether oxygens (including phenoxy) is 3. The largest absolute Gasteiger partial charge is 0.459 e. The first-order valence-electron chi connectivity index (χ1n) is 15.6. The van der Waals surface area contributed by atoms with Gasteiger partial charge in [-0.15, -0.1) is 6.58 Å². The lowest BCUT2D eigenvalue weighted by Gasteiger charge is -2.69. The van der Waals surface area contributed by atoms with Crippen molar-refractivity contribution in [1.29, 1.82) is 0 Å². The van der Waals surface area contributed by atoms with Gasteiger partial charge in [0.2, 0.25) is 0 Å². The molecule has 5 rings (SSSR count). The van der Waals surface area contributed by atoms with Gasteiger partial charge in [0.25, 0.3) is 0 Å². The Morgan fingerprint density at radius 2 is 1.34 bits per heavy atom. The molecule has 0 aliphatic heterocycles. The predicted molar refractivity (Wildman–Crippen MR) is 167 cm³/mol. The quantitative estimate of drug-likeness (QED) is 0.205. The summed E-state index contributed by atoms with van der Waals surface area (Å²) in [6.45, 7) is 11.1. The van der Waals surface area contributed by atoms with E-state index in [0.717, 1.165) is 13.0 Å². The van der Waals surface area contributed by atoms with E-state index in [2.05, 4.69) is 6.58 Å². The normalized spacial score (nSPS) is 39.0. The number of carbonyl (C=O) groups is 4. The topological polar surface area (TPSA) is 177 Å². The zero-order valence-electron chi connectivity index (χ0n) is 27.0. The molecular weight excluding hydrogens is 608 g/mol. The maximum Gasteiger partial charge on any atom is 0.338 e. The molecule has 3 aliphatic carbocycles. The van der Waals surface area contributed by atoms with Crippen molar-refractivity contribution in [2.45, 2.75) is 83.3 Å². The van der Waals surface area contributed by atoms with Gasteiger partial charge in [0.15, 0.2) is 11.4 Å². The Morgan fingerprint density at radius 1 is 0.830 bits per heavy atom. The van der Waals surface area contributed by atoms with E-state index < -0.39 is 94.0 Å². The summed E-state index contributed by atoms with van der Waals surface area (Å²) in [5.41, 5.74) is -7.23. The molecule has 4 N–H and O–H groups in total. The van der Waals surface area contributed by atoms with Gasteiger partial charge in [-0.25, -0.2) is 9.59 Å². The van der Waals surface area contributed by atoms with Crippen LogP contribution in [0.1, 0.15) is 61.8 Å². The summed E-state index contributed by atoms with van der Waals surface area (Å²) in [7, 11) is 0. The Morgan fingerprint density at radius 3 is 1.83 bits per heavy atom. The summed E-state index contributed by atoms with van der Waals surface area (Å²) >= 11 is 0. The zero-order chi connectivity index (χ0) is 34.7. The lowest BCUT2D eigenvalue weighted by molar-refractivity contribution is -0.320. The fraction of sp³-hybridized carbons (Fsp3) is 0.500. The van der Waals surface area contributed by atoms with Crippen LogP contribution >= 0.6 is 0 Å². The average molecular weight is 651 g/mol. The fourth-order valence-electron chi connectivity index (χ4n) is 8.58. The molecule has 11 atom stereocenters. The van der Waals surface area contributed by atoms with Gasteiger partial charge in [0.05, 0.1) is 22.6 Å². The Kier molecular flexibility index (Phi) is 8.77. The molecule has 0 spiro atoms. The number of aliphatic hydroxyl groups excluding tert-OH is 3. The summed E-state index contributed by atoms with van der Waals surface area (Å²) in [6, 6.07) is 15.8. The van der Waals surface area contributed by atoms with E-state index in [1.807, 2.05) is 0 Å². The summed E-state index contributed by atoms with van der Waals surface area (Å²) < 4.78 is 17.7. The molecule has 0 radical (unpaired) electrons. The first kappa shape index (κ1) is 34.4. The smallest absolute Gasteiger partial charge is 0.338 e. The molecule has 0 amide bonds. The van der Waals surface area contributed by atoms with Gasteiger partial charge in [0.1, 0.15) is 30.5 Å². The lowest BCUT2D eigenvalue weighted by Crippen LogP contribution is -2.82. The third kappa shape index (κ3) is 5.11. The van der Waals surface area contributed by atoms with Gasteiger partial charge in [-0.2, -0.15) is 0 Å². The van der Waals surface area contributed by atoms with Crippen LogP contribution in [0.4, 0.5) is 0 Å². The Bertz CT molecular complexity index is 1560. The van der Waals surface area contributed by atoms with Gasteiger partial charge < -0.3 is 34.6 Å². The number of hydrogen-bond acceptors (Lipinski definition) is 11. The van der Waals surface area contributed by atoms with E-state index in [1.165, 1.54) is 31.2 Å². The van der Waals surface area contributed by atoms with Gasteiger partial charge >= 0.3 is 17.9 Å². The number of ketones is 1. The highest BCUT2D eigenvalue weighted by Crippen LogP contribution is 2.67. The molecule has 2 aromatic carbocycles. The molecule has 0 unspecified atom stereocenters. The van der Waals surface area contributed by atoms with E-state index in [1.54, 1.807) is 57.2 Å². The summed E-state index contributed by atoms with van der Waals surface area (Å²) in [4.78, 5) is 54.3. The highest BCUT2D eigenvalue weighted by molar-refractivity contribution is 5.97. The molecule has 0 heterocycles. The van der Waals surface area contributed by atoms with Gasteiger partial charge in [-0.1, -0.05) is 63.2 Å². The lowest BCUT2D eigenvalue weighted by atomic mass is 9.38. The Hall–Kier alpha value is -3.90. The number of fused-ring (bicyclic) bond motifs is 3. The molecule has 3 fully saturated rings. The van der Waals surface area contributed by atoms with Crippen LogP contribution in [0, 0.1) is 28.1 Å². The van der Waals surface area contributed by atoms with Crippen molar-refractivity contribution < 1.29 is 53.8 Å². The van der Waals surface area contributed by atoms with Gasteiger partial charge in [0, 0.05) is 18.3 Å². The SMILES string of the molecule is C=C[C@]1(C)C(=O)[C@]2(O)[C@H](OC(C)=O)C[C@H]3C(C)(C)[C@H](O)[C@H](O)[C@H](OC(=O)c4ccccc4)[C@]3(C)[C@H]2[C@H](OC(=O)c2ccccc2)[C@@H]1O. The third-order valence-electron chi connectivity index (χ3n) is 11.1. The van der Waals surface area contributed by atoms with E-state index in [0.29, 0.717) is 0 Å². The van der Waals surface area contributed by atoms with E-state index in [-0.39, 0.29) is 17.5 Å². The molecule has 252 valence electrons. The van der Waals surface area contributed by atoms with Crippen molar-refractivity contribution >= 4 is 23.7 Å². The molecule has 0 bridgehead atoms. The highest BCUT2D eigenvalue weighted by atomic mass is 16.6. The molecule has 3 saturated carbocycles. The van der Waals surface area contributed by atoms with Crippen molar-refractivity contribution in [3.63, 3.8) is 0 Å². The number of carbonyl (C=O) groups excluding carboxylic acids is 4. The first-order valence-corrected chi connectivity index (χ1v) is 15.6.